The second-order valence-electron chi connectivity index (χ2n) is 4.72. The molecule has 0 saturated heterocycles. The molecule has 0 aliphatic carbocycles. The van der Waals surface area contributed by atoms with Gasteiger partial charge in [0, 0.05) is 11.8 Å². The summed E-state index contributed by atoms with van der Waals surface area (Å²) >= 11 is 5.09. The first-order valence-electron chi connectivity index (χ1n) is 6.55. The van der Waals surface area contributed by atoms with Crippen molar-refractivity contribution in [2.24, 2.45) is 5.73 Å². The zero-order valence-electron chi connectivity index (χ0n) is 12.3. The molecule has 0 unspecified atom stereocenters. The number of pyridine rings is 1. The van der Waals surface area contributed by atoms with Gasteiger partial charge in [-0.25, -0.2) is 0 Å². The highest BCUT2D eigenvalue weighted by Crippen LogP contribution is 2.23. The number of benzene rings is 1. The summed E-state index contributed by atoms with van der Waals surface area (Å²) in [5, 5.41) is 0. The minimum atomic E-state index is 0.296. The number of rotatable bonds is 5. The molecule has 1 aromatic carbocycles. The molecule has 2 N–H and O–H groups in total. The summed E-state index contributed by atoms with van der Waals surface area (Å²) in [7, 11) is 1.64. The summed E-state index contributed by atoms with van der Waals surface area (Å²) in [4.78, 5) is 4.67. The molecular formula is C16H18N2O2S. The molecule has 110 valence electrons. The fourth-order valence-corrected chi connectivity index (χ4v) is 2.34. The molecule has 0 atom stereocenters. The number of hydrogen-bond acceptors (Lipinski definition) is 4. The molecule has 2 aromatic rings. The smallest absolute Gasteiger partial charge is 0.133 e. The van der Waals surface area contributed by atoms with Crippen LogP contribution in [0.3, 0.4) is 0 Å². The van der Waals surface area contributed by atoms with E-state index in [-0.39, 0.29) is 0 Å². The van der Waals surface area contributed by atoms with E-state index in [4.69, 9.17) is 27.4 Å². The zero-order chi connectivity index (χ0) is 15.4. The van der Waals surface area contributed by atoms with Crippen LogP contribution in [0.4, 0.5) is 0 Å². The van der Waals surface area contributed by atoms with Crippen LogP contribution < -0.4 is 15.2 Å². The fourth-order valence-electron chi connectivity index (χ4n) is 2.09. The third-order valence-corrected chi connectivity index (χ3v) is 3.30. The summed E-state index contributed by atoms with van der Waals surface area (Å²) in [6.45, 7) is 4.22. The molecule has 1 heterocycles. The van der Waals surface area contributed by atoms with E-state index in [0.717, 1.165) is 22.7 Å². The molecular weight excluding hydrogens is 284 g/mol. The minimum absolute atomic E-state index is 0.296. The van der Waals surface area contributed by atoms with Gasteiger partial charge in [0.15, 0.2) is 0 Å². The summed E-state index contributed by atoms with van der Waals surface area (Å²) in [5.41, 5.74) is 9.16. The summed E-state index contributed by atoms with van der Waals surface area (Å²) in [6, 6.07) is 9.57. The Morgan fingerprint density at radius 3 is 2.48 bits per heavy atom. The van der Waals surface area contributed by atoms with Crippen molar-refractivity contribution in [1.29, 1.82) is 0 Å². The summed E-state index contributed by atoms with van der Waals surface area (Å²) < 4.78 is 11.0. The lowest BCUT2D eigenvalue weighted by molar-refractivity contribution is 0.304. The van der Waals surface area contributed by atoms with Crippen LogP contribution in [0.5, 0.6) is 11.5 Å². The number of thiocarbonyl (C=S) groups is 1. The van der Waals surface area contributed by atoms with Crippen LogP contribution in [-0.2, 0) is 6.61 Å². The molecule has 0 spiro atoms. The maximum absolute atomic E-state index is 5.87. The largest absolute Gasteiger partial charge is 0.497 e. The highest BCUT2D eigenvalue weighted by Gasteiger charge is 2.12. The molecule has 4 nitrogen and oxygen atoms in total. The van der Waals surface area contributed by atoms with Gasteiger partial charge in [0.1, 0.15) is 23.1 Å². The van der Waals surface area contributed by atoms with Gasteiger partial charge in [0.05, 0.1) is 18.4 Å². The molecule has 0 aliphatic rings. The SMILES string of the molecule is COc1ccc(COc2cc(C)nc(C)c2C(N)=S)cc1. The Labute approximate surface area is 129 Å². The Kier molecular flexibility index (Phi) is 4.75. The Morgan fingerprint density at radius 1 is 1.24 bits per heavy atom. The van der Waals surface area contributed by atoms with Crippen molar-refractivity contribution in [2.45, 2.75) is 20.5 Å². The summed E-state index contributed by atoms with van der Waals surface area (Å²) in [5.74, 6) is 1.49. The zero-order valence-corrected chi connectivity index (χ0v) is 13.2. The monoisotopic (exact) mass is 302 g/mol. The average Bonchev–Trinajstić information content (AvgIpc) is 2.44. The highest BCUT2D eigenvalue weighted by atomic mass is 32.1. The Hall–Kier alpha value is -2.14. The van der Waals surface area contributed by atoms with E-state index in [0.29, 0.717) is 22.9 Å². The molecule has 0 bridgehead atoms. The number of aromatic nitrogens is 1. The Balaban J connectivity index is 2.20. The van der Waals surface area contributed by atoms with Crippen LogP contribution in [0.15, 0.2) is 30.3 Å². The van der Waals surface area contributed by atoms with Gasteiger partial charge in [-0.15, -0.1) is 0 Å². The van der Waals surface area contributed by atoms with Crippen molar-refractivity contribution in [2.75, 3.05) is 7.11 Å². The van der Waals surface area contributed by atoms with Gasteiger partial charge in [-0.05, 0) is 31.5 Å². The molecule has 0 amide bonds. The van der Waals surface area contributed by atoms with E-state index in [1.807, 2.05) is 44.2 Å². The molecule has 0 aliphatic heterocycles. The standard InChI is InChI=1S/C16H18N2O2S/c1-10-8-14(15(16(17)21)11(2)18-10)20-9-12-4-6-13(19-3)7-5-12/h4-8H,9H2,1-3H3,(H2,17,21). The van der Waals surface area contributed by atoms with E-state index >= 15 is 0 Å². The van der Waals surface area contributed by atoms with E-state index in [9.17, 15) is 0 Å². The van der Waals surface area contributed by atoms with Crippen molar-refractivity contribution in [3.63, 3.8) is 0 Å². The molecule has 21 heavy (non-hydrogen) atoms. The van der Waals surface area contributed by atoms with Crippen LogP contribution in [0.1, 0.15) is 22.5 Å². The second kappa shape index (κ2) is 6.54. The van der Waals surface area contributed by atoms with Gasteiger partial charge >= 0.3 is 0 Å². The number of ether oxygens (including phenoxy) is 2. The lowest BCUT2D eigenvalue weighted by atomic mass is 10.1. The molecule has 1 aromatic heterocycles. The lowest BCUT2D eigenvalue weighted by Crippen LogP contribution is -2.15. The van der Waals surface area contributed by atoms with Gasteiger partial charge < -0.3 is 15.2 Å². The first-order chi connectivity index (χ1) is 10.0. The predicted molar refractivity (Wildman–Crippen MR) is 86.9 cm³/mol. The van der Waals surface area contributed by atoms with E-state index < -0.39 is 0 Å². The topological polar surface area (TPSA) is 57.4 Å². The predicted octanol–water partition coefficient (Wildman–Crippen LogP) is 2.92. The highest BCUT2D eigenvalue weighted by molar-refractivity contribution is 7.80. The van der Waals surface area contributed by atoms with Crippen molar-refractivity contribution in [1.82, 2.24) is 4.98 Å². The van der Waals surface area contributed by atoms with Gasteiger partial charge in [-0.2, -0.15) is 0 Å². The number of methoxy groups -OCH3 is 1. The van der Waals surface area contributed by atoms with Crippen molar-refractivity contribution >= 4 is 17.2 Å². The average molecular weight is 302 g/mol. The van der Waals surface area contributed by atoms with E-state index in [1.165, 1.54) is 0 Å². The van der Waals surface area contributed by atoms with Gasteiger partial charge in [-0.3, -0.25) is 4.98 Å². The van der Waals surface area contributed by atoms with Crippen LogP contribution in [0.2, 0.25) is 0 Å². The lowest BCUT2D eigenvalue weighted by Gasteiger charge is -2.13. The second-order valence-corrected chi connectivity index (χ2v) is 5.16. The van der Waals surface area contributed by atoms with Gasteiger partial charge in [-0.1, -0.05) is 24.4 Å². The van der Waals surface area contributed by atoms with E-state index in [2.05, 4.69) is 4.98 Å². The molecule has 0 saturated carbocycles. The number of hydrogen-bond donors (Lipinski definition) is 1. The summed E-state index contributed by atoms with van der Waals surface area (Å²) in [6.07, 6.45) is 0. The third kappa shape index (κ3) is 3.70. The van der Waals surface area contributed by atoms with Gasteiger partial charge in [0.2, 0.25) is 0 Å². The Morgan fingerprint density at radius 2 is 1.90 bits per heavy atom. The first-order valence-corrected chi connectivity index (χ1v) is 6.96. The third-order valence-electron chi connectivity index (χ3n) is 3.09. The van der Waals surface area contributed by atoms with E-state index in [1.54, 1.807) is 7.11 Å². The number of nitrogens with two attached hydrogens (primary N) is 1. The van der Waals surface area contributed by atoms with Crippen molar-refractivity contribution < 1.29 is 9.47 Å². The van der Waals surface area contributed by atoms with Crippen LogP contribution in [-0.4, -0.2) is 17.1 Å². The molecule has 5 heteroatoms. The number of nitrogens with zero attached hydrogens (tertiary/aromatic N) is 1. The fraction of sp³-hybridized carbons (Fsp3) is 0.250. The minimum Gasteiger partial charge on any atom is -0.497 e. The Bertz CT molecular complexity index is 654. The van der Waals surface area contributed by atoms with Crippen molar-refractivity contribution in [3.05, 3.63) is 52.8 Å². The van der Waals surface area contributed by atoms with Crippen LogP contribution >= 0.6 is 12.2 Å². The molecule has 2 rings (SSSR count). The maximum Gasteiger partial charge on any atom is 0.133 e. The quantitative estimate of drug-likeness (QED) is 0.861. The molecule has 0 radical (unpaired) electrons. The first kappa shape index (κ1) is 15.3. The number of aryl methyl sites for hydroxylation is 2. The normalized spacial score (nSPS) is 10.2. The van der Waals surface area contributed by atoms with Crippen LogP contribution in [0.25, 0.3) is 0 Å². The maximum atomic E-state index is 5.87. The van der Waals surface area contributed by atoms with Gasteiger partial charge in [0.25, 0.3) is 0 Å². The molecule has 0 fully saturated rings. The van der Waals surface area contributed by atoms with Crippen LogP contribution in [0, 0.1) is 13.8 Å². The van der Waals surface area contributed by atoms with Crippen molar-refractivity contribution in [3.8, 4) is 11.5 Å².